The number of amides is 2. The van der Waals surface area contributed by atoms with Crippen molar-refractivity contribution >= 4 is 6.03 Å². The molecule has 0 bridgehead atoms. The van der Waals surface area contributed by atoms with Gasteiger partial charge in [0.25, 0.3) is 0 Å². The van der Waals surface area contributed by atoms with Crippen LogP contribution >= 0.6 is 0 Å². The molecule has 2 amide bonds. The van der Waals surface area contributed by atoms with Crippen LogP contribution in [0.15, 0.2) is 18.2 Å². The zero-order valence-electron chi connectivity index (χ0n) is 10.4. The fourth-order valence-electron chi connectivity index (χ4n) is 1.17. The smallest absolute Gasteiger partial charge is 0.315 e. The van der Waals surface area contributed by atoms with Crippen molar-refractivity contribution in [1.29, 1.82) is 0 Å². The molecule has 4 nitrogen and oxygen atoms in total. The predicted octanol–water partition coefficient (Wildman–Crippen LogP) is 1.67. The van der Waals surface area contributed by atoms with E-state index in [1.165, 1.54) is 6.07 Å². The zero-order valence-corrected chi connectivity index (χ0v) is 10.4. The lowest BCUT2D eigenvalue weighted by Crippen LogP contribution is -2.35. The lowest BCUT2D eigenvalue weighted by atomic mass is 10.3. The average molecular weight is 268 g/mol. The summed E-state index contributed by atoms with van der Waals surface area (Å²) in [5, 5.41) is 5.04. The maximum absolute atomic E-state index is 13.1. The summed E-state index contributed by atoms with van der Waals surface area (Å²) in [6.45, 7) is 2.46. The van der Waals surface area contributed by atoms with Gasteiger partial charge < -0.3 is 15.4 Å². The van der Waals surface area contributed by atoms with Gasteiger partial charge in [-0.15, -0.1) is 0 Å². The van der Waals surface area contributed by atoms with Crippen LogP contribution in [0.5, 0.6) is 5.75 Å². The average Bonchev–Trinajstić information content (AvgIpc) is 2.36. The highest BCUT2D eigenvalue weighted by atomic mass is 19.1. The summed E-state index contributed by atoms with van der Waals surface area (Å²) >= 11 is 0. The molecule has 0 saturated carbocycles. The van der Waals surface area contributed by atoms with E-state index in [2.05, 4.69) is 22.5 Å². The van der Waals surface area contributed by atoms with Gasteiger partial charge in [0, 0.05) is 12.6 Å². The van der Waals surface area contributed by atoms with Gasteiger partial charge in [0.15, 0.2) is 11.6 Å². The molecule has 0 unspecified atom stereocenters. The van der Waals surface area contributed by atoms with E-state index in [0.717, 1.165) is 12.1 Å². The molecule has 2 N–H and O–H groups in total. The van der Waals surface area contributed by atoms with Crippen molar-refractivity contribution in [3.05, 3.63) is 29.8 Å². The predicted molar refractivity (Wildman–Crippen MR) is 66.7 cm³/mol. The summed E-state index contributed by atoms with van der Waals surface area (Å²) in [5.41, 5.74) is 0. The van der Waals surface area contributed by atoms with E-state index in [0.29, 0.717) is 6.54 Å². The first-order valence-corrected chi connectivity index (χ1v) is 5.68. The molecule has 1 aromatic carbocycles. The Balaban J connectivity index is 2.29. The Morgan fingerprint density at radius 1 is 1.32 bits per heavy atom. The van der Waals surface area contributed by atoms with Crippen molar-refractivity contribution in [2.24, 2.45) is 0 Å². The quantitative estimate of drug-likeness (QED) is 0.816. The molecule has 0 fully saturated rings. The second kappa shape index (κ2) is 7.93. The summed E-state index contributed by atoms with van der Waals surface area (Å²) in [4.78, 5) is 11.0. The highest BCUT2D eigenvalue weighted by Crippen LogP contribution is 2.16. The molecule has 0 heterocycles. The summed E-state index contributed by atoms with van der Waals surface area (Å²) in [6, 6.07) is 2.73. The van der Waals surface area contributed by atoms with Crippen LogP contribution in [0, 0.1) is 23.5 Å². The fraction of sp³-hybridized carbons (Fsp3) is 0.308. The van der Waals surface area contributed by atoms with Crippen LogP contribution in [0.25, 0.3) is 0 Å². The van der Waals surface area contributed by atoms with Gasteiger partial charge in [-0.25, -0.2) is 13.6 Å². The standard InChI is InChI=1S/C13H14F2N2O2/c1-2-16-13(18)17-7-3-4-8-19-12-6-5-10(14)9-11(12)15/h5-6,9H,2,7-8H2,1H3,(H2,16,17,18). The number of nitrogens with one attached hydrogen (secondary N) is 2. The number of rotatable bonds is 4. The van der Waals surface area contributed by atoms with Crippen LogP contribution in [-0.2, 0) is 0 Å². The molecule has 0 spiro atoms. The number of ether oxygens (including phenoxy) is 1. The molecule has 6 heteroatoms. The second-order valence-corrected chi connectivity index (χ2v) is 3.43. The molecule has 0 atom stereocenters. The van der Waals surface area contributed by atoms with Gasteiger partial charge in [0.05, 0.1) is 6.54 Å². The van der Waals surface area contributed by atoms with Gasteiger partial charge in [-0.05, 0) is 19.1 Å². The number of hydrogen-bond donors (Lipinski definition) is 2. The number of hydrogen-bond acceptors (Lipinski definition) is 2. The number of halogens is 2. The Bertz CT molecular complexity index is 495. The number of benzene rings is 1. The van der Waals surface area contributed by atoms with Crippen molar-refractivity contribution < 1.29 is 18.3 Å². The Morgan fingerprint density at radius 2 is 2.11 bits per heavy atom. The van der Waals surface area contributed by atoms with Crippen LogP contribution in [0.3, 0.4) is 0 Å². The van der Waals surface area contributed by atoms with Crippen molar-refractivity contribution in [2.75, 3.05) is 19.7 Å². The number of urea groups is 1. The van der Waals surface area contributed by atoms with Gasteiger partial charge in [-0.3, -0.25) is 0 Å². The third-order valence-electron chi connectivity index (χ3n) is 1.99. The molecule has 0 aromatic heterocycles. The van der Waals surface area contributed by atoms with Gasteiger partial charge in [-0.1, -0.05) is 11.8 Å². The lowest BCUT2D eigenvalue weighted by molar-refractivity contribution is 0.242. The van der Waals surface area contributed by atoms with Crippen LogP contribution in [0.4, 0.5) is 13.6 Å². The number of carbonyl (C=O) groups is 1. The third-order valence-corrected chi connectivity index (χ3v) is 1.99. The van der Waals surface area contributed by atoms with Crippen molar-refractivity contribution in [2.45, 2.75) is 6.92 Å². The van der Waals surface area contributed by atoms with Crippen molar-refractivity contribution in [1.82, 2.24) is 10.6 Å². The second-order valence-electron chi connectivity index (χ2n) is 3.43. The van der Waals surface area contributed by atoms with Crippen LogP contribution < -0.4 is 15.4 Å². The SMILES string of the molecule is CCNC(=O)NCC#CCOc1ccc(F)cc1F. The Hall–Kier alpha value is -2.29. The van der Waals surface area contributed by atoms with Crippen LogP contribution in [0.2, 0.25) is 0 Å². The molecule has 0 radical (unpaired) electrons. The highest BCUT2D eigenvalue weighted by Gasteiger charge is 2.03. The first-order valence-electron chi connectivity index (χ1n) is 5.68. The first kappa shape index (κ1) is 14.8. The molecular formula is C13H14F2N2O2. The van der Waals surface area contributed by atoms with Crippen molar-refractivity contribution in [3.63, 3.8) is 0 Å². The van der Waals surface area contributed by atoms with Crippen LogP contribution in [-0.4, -0.2) is 25.7 Å². The fourth-order valence-corrected chi connectivity index (χ4v) is 1.17. The monoisotopic (exact) mass is 268 g/mol. The third kappa shape index (κ3) is 5.73. The summed E-state index contributed by atoms with van der Waals surface area (Å²) < 4.78 is 30.7. The van der Waals surface area contributed by atoms with Gasteiger partial charge in [0.1, 0.15) is 12.4 Å². The minimum absolute atomic E-state index is 0.0420. The molecular weight excluding hydrogens is 254 g/mol. The molecule has 19 heavy (non-hydrogen) atoms. The van der Waals surface area contributed by atoms with E-state index in [1.54, 1.807) is 6.92 Å². The zero-order chi connectivity index (χ0) is 14.1. The topological polar surface area (TPSA) is 50.4 Å². The Labute approximate surface area is 110 Å². The molecule has 102 valence electrons. The largest absolute Gasteiger partial charge is 0.478 e. The molecule has 1 rings (SSSR count). The van der Waals surface area contributed by atoms with Gasteiger partial charge >= 0.3 is 6.03 Å². The maximum atomic E-state index is 13.1. The van der Waals surface area contributed by atoms with E-state index in [4.69, 9.17) is 4.74 Å². The van der Waals surface area contributed by atoms with E-state index in [9.17, 15) is 13.6 Å². The lowest BCUT2D eigenvalue weighted by Gasteiger charge is -2.03. The van der Waals surface area contributed by atoms with Gasteiger partial charge in [-0.2, -0.15) is 0 Å². The van der Waals surface area contributed by atoms with E-state index in [1.807, 2.05) is 0 Å². The summed E-state index contributed by atoms with van der Waals surface area (Å²) in [6.07, 6.45) is 0. The number of carbonyl (C=O) groups excluding carboxylic acids is 1. The highest BCUT2D eigenvalue weighted by molar-refractivity contribution is 5.73. The minimum Gasteiger partial charge on any atom is -0.478 e. The Morgan fingerprint density at radius 3 is 2.79 bits per heavy atom. The molecule has 1 aromatic rings. The van der Waals surface area contributed by atoms with E-state index < -0.39 is 11.6 Å². The maximum Gasteiger partial charge on any atom is 0.315 e. The van der Waals surface area contributed by atoms with E-state index >= 15 is 0 Å². The molecule has 0 saturated heterocycles. The summed E-state index contributed by atoms with van der Waals surface area (Å²) in [5.74, 6) is 3.73. The minimum atomic E-state index is -0.776. The molecule has 0 aliphatic heterocycles. The van der Waals surface area contributed by atoms with Crippen molar-refractivity contribution in [3.8, 4) is 17.6 Å². The Kier molecular flexibility index (Phi) is 6.16. The first-order chi connectivity index (χ1) is 9.13. The molecule has 0 aliphatic rings. The summed E-state index contributed by atoms with van der Waals surface area (Å²) in [7, 11) is 0. The molecule has 0 aliphatic carbocycles. The van der Waals surface area contributed by atoms with Crippen LogP contribution in [0.1, 0.15) is 6.92 Å². The van der Waals surface area contributed by atoms with Gasteiger partial charge in [0.2, 0.25) is 0 Å². The van der Waals surface area contributed by atoms with E-state index in [-0.39, 0.29) is 24.9 Å². The normalized spacial score (nSPS) is 9.21.